The zero-order chi connectivity index (χ0) is 26.8. The third-order valence-electron chi connectivity index (χ3n) is 6.33. The molecule has 0 spiro atoms. The number of hydrogen-bond acceptors (Lipinski definition) is 7. The molecule has 9 heteroatoms. The monoisotopic (exact) mass is 553 g/mol. The average Bonchev–Trinajstić information content (AvgIpc) is 2.91. The Morgan fingerprint density at radius 1 is 1.08 bits per heavy atom. The third kappa shape index (κ3) is 5.36. The maximum atomic E-state index is 13.4. The number of fused-ring (bicyclic) bond motifs is 3. The van der Waals surface area contributed by atoms with E-state index in [1.54, 1.807) is 56.3 Å². The Balaban J connectivity index is 1.38. The Morgan fingerprint density at radius 2 is 1.87 bits per heavy atom. The minimum atomic E-state index is -0.419. The summed E-state index contributed by atoms with van der Waals surface area (Å²) in [4.78, 5) is 27.4. The van der Waals surface area contributed by atoms with Gasteiger partial charge in [0.25, 0.3) is 0 Å². The van der Waals surface area contributed by atoms with Gasteiger partial charge in [0.15, 0.2) is 0 Å². The zero-order valence-corrected chi connectivity index (χ0v) is 22.4. The van der Waals surface area contributed by atoms with Crippen molar-refractivity contribution in [1.29, 1.82) is 0 Å². The lowest BCUT2D eigenvalue weighted by Gasteiger charge is -2.29. The van der Waals surface area contributed by atoms with Crippen molar-refractivity contribution in [1.82, 2.24) is 4.90 Å². The molecule has 0 bridgehead atoms. The Morgan fingerprint density at radius 3 is 2.61 bits per heavy atom. The van der Waals surface area contributed by atoms with Gasteiger partial charge in [0.05, 0.1) is 23.1 Å². The standard InChI is InChI=1S/C29H25Cl2NO6/c1-3-35-29(34)19-5-8-21(9-6-19)38-27-17(2)37-28-22(26(27)33)10-11-25-23(28)15-32(16-36-25)13-12-18-4-7-20(30)14-24(18)31/h4-11,14H,3,12-13,15-16H2,1-2H3. The number of nitrogens with zero attached hydrogens (tertiary/aromatic N) is 1. The largest absolute Gasteiger partial charge is 0.478 e. The number of carbonyl (C=O) groups excluding carboxylic acids is 1. The molecule has 0 fully saturated rings. The molecule has 196 valence electrons. The number of benzene rings is 3. The molecular weight excluding hydrogens is 529 g/mol. The molecule has 1 aliphatic heterocycles. The number of esters is 1. The van der Waals surface area contributed by atoms with Crippen molar-refractivity contribution in [3.8, 4) is 17.2 Å². The summed E-state index contributed by atoms with van der Waals surface area (Å²) in [6.07, 6.45) is 0.718. The predicted molar refractivity (Wildman–Crippen MR) is 146 cm³/mol. The van der Waals surface area contributed by atoms with E-state index in [9.17, 15) is 9.59 Å². The van der Waals surface area contributed by atoms with Crippen LogP contribution in [0.3, 0.4) is 0 Å². The molecule has 0 radical (unpaired) electrons. The first kappa shape index (κ1) is 26.1. The molecule has 3 aromatic carbocycles. The topological polar surface area (TPSA) is 78.2 Å². The zero-order valence-electron chi connectivity index (χ0n) is 20.9. The first-order valence-corrected chi connectivity index (χ1v) is 12.9. The summed E-state index contributed by atoms with van der Waals surface area (Å²) in [6, 6.07) is 15.4. The van der Waals surface area contributed by atoms with Gasteiger partial charge in [0.2, 0.25) is 11.2 Å². The van der Waals surface area contributed by atoms with Crippen LogP contribution >= 0.6 is 23.2 Å². The predicted octanol–water partition coefficient (Wildman–Crippen LogP) is 6.77. The summed E-state index contributed by atoms with van der Waals surface area (Å²) in [5.74, 6) is 1.10. The van der Waals surface area contributed by atoms with E-state index >= 15 is 0 Å². The SMILES string of the molecule is CCOC(=O)c1ccc(Oc2c(C)oc3c4c(ccc3c2=O)OCN(CCc2ccc(Cl)cc2Cl)C4)cc1. The highest BCUT2D eigenvalue weighted by atomic mass is 35.5. The van der Waals surface area contributed by atoms with Gasteiger partial charge in [-0.3, -0.25) is 9.69 Å². The van der Waals surface area contributed by atoms with Crippen molar-refractivity contribution >= 4 is 40.1 Å². The van der Waals surface area contributed by atoms with Crippen LogP contribution in [0.15, 0.2) is 63.8 Å². The maximum absolute atomic E-state index is 13.4. The van der Waals surface area contributed by atoms with Crippen LogP contribution in [-0.2, 0) is 17.7 Å². The van der Waals surface area contributed by atoms with Gasteiger partial charge >= 0.3 is 5.97 Å². The summed E-state index contributed by atoms with van der Waals surface area (Å²) in [7, 11) is 0. The molecule has 0 unspecified atom stereocenters. The molecule has 2 heterocycles. The molecule has 0 aliphatic carbocycles. The molecule has 0 saturated heterocycles. The average molecular weight is 554 g/mol. The number of ether oxygens (including phenoxy) is 3. The Hall–Kier alpha value is -3.52. The molecule has 0 saturated carbocycles. The van der Waals surface area contributed by atoms with Crippen LogP contribution in [-0.4, -0.2) is 30.8 Å². The Labute approximate surface area is 229 Å². The van der Waals surface area contributed by atoms with Gasteiger partial charge in [-0.1, -0.05) is 29.3 Å². The van der Waals surface area contributed by atoms with E-state index < -0.39 is 5.97 Å². The number of halogens is 2. The van der Waals surface area contributed by atoms with Crippen molar-refractivity contribution in [2.75, 3.05) is 19.9 Å². The molecule has 5 rings (SSSR count). The lowest BCUT2D eigenvalue weighted by Crippen LogP contribution is -2.33. The summed E-state index contributed by atoms with van der Waals surface area (Å²) in [6.45, 7) is 5.38. The number of carbonyl (C=O) groups is 1. The molecule has 38 heavy (non-hydrogen) atoms. The maximum Gasteiger partial charge on any atom is 0.338 e. The van der Waals surface area contributed by atoms with E-state index in [1.165, 1.54) is 0 Å². The van der Waals surface area contributed by atoms with Gasteiger partial charge in [-0.25, -0.2) is 4.79 Å². The smallest absolute Gasteiger partial charge is 0.338 e. The van der Waals surface area contributed by atoms with Crippen molar-refractivity contribution < 1.29 is 23.4 Å². The minimum Gasteiger partial charge on any atom is -0.478 e. The number of hydrogen-bond donors (Lipinski definition) is 0. The second-order valence-corrected chi connectivity index (χ2v) is 9.74. The highest BCUT2D eigenvalue weighted by Crippen LogP contribution is 2.34. The van der Waals surface area contributed by atoms with Gasteiger partial charge in [0.1, 0.15) is 29.6 Å². The van der Waals surface area contributed by atoms with E-state index in [4.69, 9.17) is 41.8 Å². The summed E-state index contributed by atoms with van der Waals surface area (Å²) in [5.41, 5.74) is 2.40. The molecule has 4 aromatic rings. The molecule has 0 amide bonds. The molecule has 7 nitrogen and oxygen atoms in total. The Kier molecular flexibility index (Phi) is 7.61. The quantitative estimate of drug-likeness (QED) is 0.233. The summed E-state index contributed by atoms with van der Waals surface area (Å²) < 4.78 is 23.0. The highest BCUT2D eigenvalue weighted by molar-refractivity contribution is 6.35. The lowest BCUT2D eigenvalue weighted by molar-refractivity contribution is 0.0526. The molecule has 0 atom stereocenters. The number of aryl methyl sites for hydroxylation is 1. The first-order chi connectivity index (χ1) is 18.3. The van der Waals surface area contributed by atoms with Crippen LogP contribution in [0, 0.1) is 6.92 Å². The van der Waals surface area contributed by atoms with Crippen molar-refractivity contribution in [2.24, 2.45) is 0 Å². The Bertz CT molecular complexity index is 1560. The van der Waals surface area contributed by atoms with Gasteiger partial charge in [-0.15, -0.1) is 0 Å². The first-order valence-electron chi connectivity index (χ1n) is 12.2. The second kappa shape index (κ2) is 11.1. The fourth-order valence-electron chi connectivity index (χ4n) is 4.36. The molecular formula is C29H25Cl2NO6. The third-order valence-corrected chi connectivity index (χ3v) is 6.91. The molecule has 1 aliphatic rings. The summed E-state index contributed by atoms with van der Waals surface area (Å²) in [5, 5.41) is 1.63. The van der Waals surface area contributed by atoms with E-state index in [2.05, 4.69) is 4.90 Å². The van der Waals surface area contributed by atoms with Crippen molar-refractivity contribution in [3.63, 3.8) is 0 Å². The van der Waals surface area contributed by atoms with Gasteiger partial charge in [-0.2, -0.15) is 0 Å². The van der Waals surface area contributed by atoms with E-state index in [0.29, 0.717) is 63.7 Å². The van der Waals surface area contributed by atoms with Crippen LogP contribution in [0.1, 0.15) is 34.2 Å². The van der Waals surface area contributed by atoms with Crippen LogP contribution < -0.4 is 14.9 Å². The van der Waals surface area contributed by atoms with E-state index in [-0.39, 0.29) is 17.8 Å². The van der Waals surface area contributed by atoms with Crippen molar-refractivity contribution in [2.45, 2.75) is 26.8 Å². The lowest BCUT2D eigenvalue weighted by atomic mass is 10.1. The van der Waals surface area contributed by atoms with E-state index in [1.807, 2.05) is 12.1 Å². The van der Waals surface area contributed by atoms with Crippen molar-refractivity contribution in [3.05, 3.63) is 97.3 Å². The minimum absolute atomic E-state index is 0.0901. The van der Waals surface area contributed by atoms with Crippen LogP contribution in [0.5, 0.6) is 17.2 Å². The fraction of sp³-hybridized carbons (Fsp3) is 0.241. The molecule has 0 N–H and O–H groups in total. The van der Waals surface area contributed by atoms with Gasteiger partial charge in [0, 0.05) is 23.1 Å². The highest BCUT2D eigenvalue weighted by Gasteiger charge is 2.24. The van der Waals surface area contributed by atoms with Gasteiger partial charge < -0.3 is 18.6 Å². The van der Waals surface area contributed by atoms with Gasteiger partial charge in [-0.05, 0) is 74.4 Å². The van der Waals surface area contributed by atoms with Crippen LogP contribution in [0.2, 0.25) is 10.0 Å². The van der Waals surface area contributed by atoms with Crippen LogP contribution in [0.25, 0.3) is 11.0 Å². The molecule has 1 aromatic heterocycles. The number of rotatable bonds is 7. The van der Waals surface area contributed by atoms with Crippen LogP contribution in [0.4, 0.5) is 0 Å². The second-order valence-electron chi connectivity index (χ2n) is 8.89. The normalized spacial score (nSPS) is 13.2. The fourth-order valence-corrected chi connectivity index (χ4v) is 4.86. The summed E-state index contributed by atoms with van der Waals surface area (Å²) >= 11 is 12.3. The van der Waals surface area contributed by atoms with E-state index in [0.717, 1.165) is 17.5 Å².